The zero-order valence-electron chi connectivity index (χ0n) is 11.3. The summed E-state index contributed by atoms with van der Waals surface area (Å²) in [5, 5.41) is 8.74. The molecule has 0 aliphatic carbocycles. The maximum atomic E-state index is 12.2. The summed E-state index contributed by atoms with van der Waals surface area (Å²) < 4.78 is 25.4. The van der Waals surface area contributed by atoms with Crippen molar-refractivity contribution in [3.63, 3.8) is 0 Å². The summed E-state index contributed by atoms with van der Waals surface area (Å²) in [6, 6.07) is 6.56. The maximum Gasteiger partial charge on any atom is 0.318 e. The van der Waals surface area contributed by atoms with Crippen LogP contribution in [0.25, 0.3) is 0 Å². The van der Waals surface area contributed by atoms with Crippen molar-refractivity contribution in [2.24, 2.45) is 0 Å². The lowest BCUT2D eigenvalue weighted by atomic mass is 10.0. The van der Waals surface area contributed by atoms with Crippen molar-refractivity contribution in [1.29, 1.82) is 0 Å². The van der Waals surface area contributed by atoms with E-state index in [0.29, 0.717) is 5.92 Å². The lowest BCUT2D eigenvalue weighted by Crippen LogP contribution is -2.35. The summed E-state index contributed by atoms with van der Waals surface area (Å²) >= 11 is 0. The van der Waals surface area contributed by atoms with Gasteiger partial charge >= 0.3 is 5.97 Å². The number of sulfonamides is 1. The molecule has 0 spiro atoms. The fraction of sp³-hybridized carbons (Fsp3) is 0.462. The fourth-order valence-electron chi connectivity index (χ4n) is 1.69. The van der Waals surface area contributed by atoms with Gasteiger partial charge in [-0.15, -0.1) is 0 Å². The van der Waals surface area contributed by atoms with Gasteiger partial charge < -0.3 is 5.11 Å². The highest BCUT2D eigenvalue weighted by Gasteiger charge is 2.24. The Bertz CT molecular complexity index is 534. The fourth-order valence-corrected chi connectivity index (χ4v) is 3.09. The van der Waals surface area contributed by atoms with Gasteiger partial charge in [-0.2, -0.15) is 4.31 Å². The first-order valence-corrected chi connectivity index (χ1v) is 7.55. The molecule has 0 saturated carbocycles. The number of carboxylic acids is 1. The number of carbonyl (C=O) groups is 1. The SMILES string of the molecule is CCN(CC(=O)O)S(=O)(=O)c1ccc(C(C)C)cc1. The molecule has 0 bridgehead atoms. The Labute approximate surface area is 113 Å². The van der Waals surface area contributed by atoms with Crippen LogP contribution in [0.4, 0.5) is 0 Å². The summed E-state index contributed by atoms with van der Waals surface area (Å²) in [4.78, 5) is 10.8. The molecule has 6 heteroatoms. The van der Waals surface area contributed by atoms with E-state index in [1.165, 1.54) is 12.1 Å². The predicted molar refractivity (Wildman–Crippen MR) is 72.6 cm³/mol. The Morgan fingerprint density at radius 1 is 1.26 bits per heavy atom. The lowest BCUT2D eigenvalue weighted by Gasteiger charge is -2.18. The van der Waals surface area contributed by atoms with Crippen molar-refractivity contribution in [2.75, 3.05) is 13.1 Å². The van der Waals surface area contributed by atoms with E-state index in [4.69, 9.17) is 5.11 Å². The molecular weight excluding hydrogens is 266 g/mol. The van der Waals surface area contributed by atoms with Gasteiger partial charge in [-0.3, -0.25) is 4.79 Å². The van der Waals surface area contributed by atoms with E-state index in [1.54, 1.807) is 19.1 Å². The largest absolute Gasteiger partial charge is 0.480 e. The van der Waals surface area contributed by atoms with E-state index in [0.717, 1.165) is 9.87 Å². The first-order valence-electron chi connectivity index (χ1n) is 6.11. The minimum Gasteiger partial charge on any atom is -0.480 e. The van der Waals surface area contributed by atoms with E-state index in [-0.39, 0.29) is 11.4 Å². The van der Waals surface area contributed by atoms with Crippen LogP contribution in [-0.2, 0) is 14.8 Å². The molecule has 1 rings (SSSR count). The predicted octanol–water partition coefficient (Wildman–Crippen LogP) is 1.91. The molecule has 1 aromatic rings. The molecule has 0 amide bonds. The lowest BCUT2D eigenvalue weighted by molar-refractivity contribution is -0.137. The number of aliphatic carboxylic acids is 1. The molecule has 0 atom stereocenters. The zero-order chi connectivity index (χ0) is 14.6. The number of nitrogens with zero attached hydrogens (tertiary/aromatic N) is 1. The molecule has 0 saturated heterocycles. The summed E-state index contributed by atoms with van der Waals surface area (Å²) in [6.45, 7) is 5.26. The van der Waals surface area contributed by atoms with Crippen LogP contribution in [0.2, 0.25) is 0 Å². The van der Waals surface area contributed by atoms with E-state index in [1.807, 2.05) is 13.8 Å². The van der Waals surface area contributed by atoms with Gasteiger partial charge in [-0.1, -0.05) is 32.9 Å². The van der Waals surface area contributed by atoms with E-state index in [9.17, 15) is 13.2 Å². The van der Waals surface area contributed by atoms with Crippen LogP contribution in [0.15, 0.2) is 29.2 Å². The molecule has 0 aliphatic heterocycles. The molecule has 0 fully saturated rings. The van der Waals surface area contributed by atoms with Crippen LogP contribution in [0, 0.1) is 0 Å². The second kappa shape index (κ2) is 6.16. The smallest absolute Gasteiger partial charge is 0.318 e. The topological polar surface area (TPSA) is 74.7 Å². The number of likely N-dealkylation sites (N-methyl/N-ethyl adjacent to an activating group) is 1. The molecule has 1 N–H and O–H groups in total. The van der Waals surface area contributed by atoms with Gasteiger partial charge in [0.25, 0.3) is 0 Å². The summed E-state index contributed by atoms with van der Waals surface area (Å²) in [7, 11) is -3.74. The minimum absolute atomic E-state index is 0.125. The third-order valence-electron chi connectivity index (χ3n) is 2.85. The average molecular weight is 285 g/mol. The molecule has 0 heterocycles. The van der Waals surface area contributed by atoms with Gasteiger partial charge in [-0.25, -0.2) is 8.42 Å². The van der Waals surface area contributed by atoms with E-state index < -0.39 is 22.5 Å². The molecule has 5 nitrogen and oxygen atoms in total. The van der Waals surface area contributed by atoms with Gasteiger partial charge in [0, 0.05) is 6.54 Å². The van der Waals surface area contributed by atoms with E-state index >= 15 is 0 Å². The summed E-state index contributed by atoms with van der Waals surface area (Å²) in [5.74, 6) is -0.845. The standard InChI is InChI=1S/C13H19NO4S/c1-4-14(9-13(15)16)19(17,18)12-7-5-11(6-8-12)10(2)3/h5-8,10H,4,9H2,1-3H3,(H,15,16). The first kappa shape index (κ1) is 15.7. The number of benzene rings is 1. The van der Waals surface area contributed by atoms with Gasteiger partial charge in [0.1, 0.15) is 6.54 Å². The van der Waals surface area contributed by atoms with Crippen LogP contribution < -0.4 is 0 Å². The highest BCUT2D eigenvalue weighted by atomic mass is 32.2. The summed E-state index contributed by atoms with van der Waals surface area (Å²) in [6.07, 6.45) is 0. The second-order valence-electron chi connectivity index (χ2n) is 4.55. The van der Waals surface area contributed by atoms with Gasteiger partial charge in [-0.05, 0) is 23.6 Å². The normalized spacial score (nSPS) is 12.1. The van der Waals surface area contributed by atoms with Crippen LogP contribution in [0.5, 0.6) is 0 Å². The van der Waals surface area contributed by atoms with Crippen molar-refractivity contribution in [2.45, 2.75) is 31.6 Å². The Balaban J connectivity index is 3.08. The van der Waals surface area contributed by atoms with Crippen molar-refractivity contribution >= 4 is 16.0 Å². The molecule has 0 aromatic heterocycles. The van der Waals surface area contributed by atoms with Gasteiger partial charge in [0.05, 0.1) is 4.90 Å². The number of hydrogen-bond acceptors (Lipinski definition) is 3. The van der Waals surface area contributed by atoms with E-state index in [2.05, 4.69) is 0 Å². The Kier molecular flexibility index (Phi) is 5.08. The van der Waals surface area contributed by atoms with Crippen LogP contribution in [0.3, 0.4) is 0 Å². The maximum absolute atomic E-state index is 12.2. The number of rotatable bonds is 6. The molecule has 0 radical (unpaired) electrons. The minimum atomic E-state index is -3.74. The van der Waals surface area contributed by atoms with Crippen molar-refractivity contribution < 1.29 is 18.3 Å². The molecule has 19 heavy (non-hydrogen) atoms. The number of hydrogen-bond donors (Lipinski definition) is 1. The van der Waals surface area contributed by atoms with Crippen LogP contribution in [-0.4, -0.2) is 36.9 Å². The molecule has 0 aliphatic rings. The summed E-state index contributed by atoms with van der Waals surface area (Å²) in [5.41, 5.74) is 1.04. The Morgan fingerprint density at radius 2 is 1.79 bits per heavy atom. The van der Waals surface area contributed by atoms with Gasteiger partial charge in [0.2, 0.25) is 10.0 Å². The van der Waals surface area contributed by atoms with Crippen molar-refractivity contribution in [3.05, 3.63) is 29.8 Å². The number of carboxylic acid groups (broad SMARTS) is 1. The third-order valence-corrected chi connectivity index (χ3v) is 4.78. The quantitative estimate of drug-likeness (QED) is 0.866. The van der Waals surface area contributed by atoms with Crippen molar-refractivity contribution in [3.8, 4) is 0 Å². The molecule has 1 aromatic carbocycles. The Hall–Kier alpha value is -1.40. The third kappa shape index (κ3) is 3.78. The highest BCUT2D eigenvalue weighted by molar-refractivity contribution is 7.89. The Morgan fingerprint density at radius 3 is 2.16 bits per heavy atom. The van der Waals surface area contributed by atoms with Gasteiger partial charge in [0.15, 0.2) is 0 Å². The second-order valence-corrected chi connectivity index (χ2v) is 6.49. The van der Waals surface area contributed by atoms with Crippen LogP contribution in [0.1, 0.15) is 32.3 Å². The molecule has 0 unspecified atom stereocenters. The molecular formula is C13H19NO4S. The average Bonchev–Trinajstić information content (AvgIpc) is 2.35. The zero-order valence-corrected chi connectivity index (χ0v) is 12.1. The molecule has 106 valence electrons. The monoisotopic (exact) mass is 285 g/mol. The first-order chi connectivity index (χ1) is 8.78. The highest BCUT2D eigenvalue weighted by Crippen LogP contribution is 2.20. The van der Waals surface area contributed by atoms with Crippen LogP contribution >= 0.6 is 0 Å². The van der Waals surface area contributed by atoms with Crippen molar-refractivity contribution in [1.82, 2.24) is 4.31 Å².